The Morgan fingerprint density at radius 3 is 2.56 bits per heavy atom. The number of hydrogen-bond acceptors (Lipinski definition) is 5. The van der Waals surface area contributed by atoms with Gasteiger partial charge in [-0.2, -0.15) is 0 Å². The molecule has 27 heavy (non-hydrogen) atoms. The number of benzene rings is 1. The summed E-state index contributed by atoms with van der Waals surface area (Å²) in [6, 6.07) is 6.59. The van der Waals surface area contributed by atoms with Crippen LogP contribution in [0.3, 0.4) is 0 Å². The van der Waals surface area contributed by atoms with Crippen molar-refractivity contribution in [2.45, 2.75) is 44.9 Å². The van der Waals surface area contributed by atoms with Crippen LogP contribution in [0.25, 0.3) is 0 Å². The normalized spacial score (nSPS) is 13.9. The van der Waals surface area contributed by atoms with Gasteiger partial charge in [-0.1, -0.05) is 0 Å². The standard InChI is InChI=1S/C19H23FN2O4S/c1-12-5-6-14(11-21-12)26-13-7-8-16(20)15(9-13)17(10-18(23)24)22-27(25)19(2,3)4/h5-9,11,17,22H,10H2,1-4H3,(H,23,24)/t17?,27-/m0/s1. The maximum Gasteiger partial charge on any atom is 0.305 e. The molecular weight excluding hydrogens is 371 g/mol. The van der Waals surface area contributed by atoms with E-state index in [9.17, 15) is 18.8 Å². The summed E-state index contributed by atoms with van der Waals surface area (Å²) in [5.74, 6) is -0.934. The highest BCUT2D eigenvalue weighted by Crippen LogP contribution is 2.29. The lowest BCUT2D eigenvalue weighted by molar-refractivity contribution is -0.137. The molecule has 1 aromatic heterocycles. The summed E-state index contributed by atoms with van der Waals surface area (Å²) in [7, 11) is 0. The number of nitrogens with zero attached hydrogens (tertiary/aromatic N) is 1. The smallest absolute Gasteiger partial charge is 0.305 e. The van der Waals surface area contributed by atoms with E-state index < -0.39 is 40.4 Å². The van der Waals surface area contributed by atoms with Gasteiger partial charge in [-0.3, -0.25) is 9.78 Å². The first-order valence-corrected chi connectivity index (χ1v) is 9.51. The zero-order valence-electron chi connectivity index (χ0n) is 15.7. The second-order valence-corrected chi connectivity index (χ2v) is 9.07. The molecule has 0 aliphatic rings. The van der Waals surface area contributed by atoms with Crippen molar-refractivity contribution in [3.05, 3.63) is 53.6 Å². The zero-order chi connectivity index (χ0) is 20.2. The number of carboxylic acid groups (broad SMARTS) is 1. The highest BCUT2D eigenvalue weighted by atomic mass is 32.2. The minimum absolute atomic E-state index is 0.0765. The third-order valence-electron chi connectivity index (χ3n) is 3.65. The second-order valence-electron chi connectivity index (χ2n) is 7.07. The predicted molar refractivity (Wildman–Crippen MR) is 101 cm³/mol. The lowest BCUT2D eigenvalue weighted by atomic mass is 10.0. The van der Waals surface area contributed by atoms with Crippen molar-refractivity contribution in [3.63, 3.8) is 0 Å². The van der Waals surface area contributed by atoms with Crippen molar-refractivity contribution in [2.24, 2.45) is 0 Å². The summed E-state index contributed by atoms with van der Waals surface area (Å²) in [6.45, 7) is 7.08. The molecule has 0 aliphatic carbocycles. The summed E-state index contributed by atoms with van der Waals surface area (Å²) in [6.07, 6.45) is 1.12. The van der Waals surface area contributed by atoms with E-state index in [1.165, 1.54) is 18.2 Å². The molecule has 2 N–H and O–H groups in total. The Kier molecular flexibility index (Phi) is 6.80. The minimum atomic E-state index is -1.57. The Morgan fingerprint density at radius 1 is 1.33 bits per heavy atom. The van der Waals surface area contributed by atoms with Crippen molar-refractivity contribution >= 4 is 17.3 Å². The van der Waals surface area contributed by atoms with Gasteiger partial charge in [0.25, 0.3) is 0 Å². The maximum atomic E-state index is 14.4. The van der Waals surface area contributed by atoms with Crippen LogP contribution in [-0.4, -0.2) is 25.4 Å². The van der Waals surface area contributed by atoms with Crippen LogP contribution in [-0.2, 0) is 16.2 Å². The quantitative estimate of drug-likeness (QED) is 0.692. The van der Waals surface area contributed by atoms with Gasteiger partial charge in [0.1, 0.15) is 22.1 Å². The highest BCUT2D eigenvalue weighted by Gasteiger charge is 2.32. The van der Waals surface area contributed by atoms with Gasteiger partial charge in [0, 0.05) is 22.6 Å². The summed E-state index contributed by atoms with van der Waals surface area (Å²) < 4.78 is 34.6. The molecule has 0 saturated carbocycles. The molecule has 0 amide bonds. The Labute approximate surface area is 161 Å². The molecule has 6 nitrogen and oxygen atoms in total. The molecule has 2 atom stereocenters. The van der Waals surface area contributed by atoms with E-state index in [0.29, 0.717) is 11.5 Å². The molecule has 1 aromatic carbocycles. The van der Waals surface area contributed by atoms with Crippen LogP contribution >= 0.6 is 0 Å². The van der Waals surface area contributed by atoms with E-state index in [1.54, 1.807) is 39.1 Å². The first kappa shape index (κ1) is 21.1. The summed E-state index contributed by atoms with van der Waals surface area (Å²) >= 11 is -1.57. The van der Waals surface area contributed by atoms with E-state index in [-0.39, 0.29) is 5.56 Å². The zero-order valence-corrected chi connectivity index (χ0v) is 16.5. The van der Waals surface area contributed by atoms with Crippen LogP contribution in [0.4, 0.5) is 4.39 Å². The van der Waals surface area contributed by atoms with Crippen LogP contribution in [0.15, 0.2) is 36.5 Å². The molecule has 0 bridgehead atoms. The van der Waals surface area contributed by atoms with Crippen LogP contribution in [0.2, 0.25) is 0 Å². The van der Waals surface area contributed by atoms with Gasteiger partial charge >= 0.3 is 5.97 Å². The first-order valence-electron chi connectivity index (χ1n) is 8.36. The molecule has 0 aliphatic heterocycles. The number of rotatable bonds is 7. The molecule has 1 heterocycles. The van der Waals surface area contributed by atoms with Crippen molar-refractivity contribution in [1.82, 2.24) is 9.71 Å². The fourth-order valence-corrected chi connectivity index (χ4v) is 3.02. The van der Waals surface area contributed by atoms with Crippen LogP contribution in [0.5, 0.6) is 11.5 Å². The van der Waals surface area contributed by atoms with E-state index in [4.69, 9.17) is 4.74 Å². The average molecular weight is 394 g/mol. The van der Waals surface area contributed by atoms with Crippen molar-refractivity contribution in [1.29, 1.82) is 0 Å². The molecule has 0 spiro atoms. The molecule has 0 fully saturated rings. The average Bonchev–Trinajstić information content (AvgIpc) is 2.56. The van der Waals surface area contributed by atoms with Gasteiger partial charge in [-0.25, -0.2) is 4.39 Å². The van der Waals surface area contributed by atoms with Gasteiger partial charge in [-0.05, 0) is 58.0 Å². The SMILES string of the molecule is Cc1ccc(Oc2ccc(F)c(C(CC(=O)O)N[S@@+]([O-])C(C)(C)C)c2)cn1. The summed E-state index contributed by atoms with van der Waals surface area (Å²) in [4.78, 5) is 15.4. The fourth-order valence-electron chi connectivity index (χ4n) is 2.20. The molecule has 146 valence electrons. The van der Waals surface area contributed by atoms with Crippen LogP contribution in [0, 0.1) is 12.7 Å². The lowest BCUT2D eigenvalue weighted by Gasteiger charge is -2.27. The fraction of sp³-hybridized carbons (Fsp3) is 0.368. The predicted octanol–water partition coefficient (Wildman–Crippen LogP) is 3.89. The van der Waals surface area contributed by atoms with Crippen molar-refractivity contribution < 1.29 is 23.6 Å². The maximum absolute atomic E-state index is 14.4. The summed E-state index contributed by atoms with van der Waals surface area (Å²) in [5, 5.41) is 9.18. The third-order valence-corrected chi connectivity index (χ3v) is 5.26. The highest BCUT2D eigenvalue weighted by molar-refractivity contribution is 7.90. The van der Waals surface area contributed by atoms with Crippen molar-refractivity contribution in [3.8, 4) is 11.5 Å². The first-order chi connectivity index (χ1) is 12.6. The number of aromatic nitrogens is 1. The Hall–Kier alpha value is -2.16. The Bertz CT molecular complexity index is 793. The number of ether oxygens (including phenoxy) is 1. The Morgan fingerprint density at radius 2 is 2.00 bits per heavy atom. The second kappa shape index (κ2) is 8.69. The van der Waals surface area contributed by atoms with Gasteiger partial charge < -0.3 is 14.4 Å². The lowest BCUT2D eigenvalue weighted by Crippen LogP contribution is -2.42. The molecule has 2 aromatic rings. The molecule has 0 radical (unpaired) electrons. The van der Waals surface area contributed by atoms with E-state index in [0.717, 1.165) is 5.69 Å². The topological polar surface area (TPSA) is 94.5 Å². The van der Waals surface area contributed by atoms with E-state index >= 15 is 0 Å². The number of halogens is 1. The number of nitrogens with one attached hydrogen (secondary N) is 1. The van der Waals surface area contributed by atoms with Crippen LogP contribution < -0.4 is 9.46 Å². The number of pyridine rings is 1. The number of carboxylic acids is 1. The van der Waals surface area contributed by atoms with Gasteiger partial charge in [-0.15, -0.1) is 4.72 Å². The third kappa shape index (κ3) is 6.20. The minimum Gasteiger partial charge on any atom is -0.598 e. The summed E-state index contributed by atoms with van der Waals surface area (Å²) in [5.41, 5.74) is 0.907. The Balaban J connectivity index is 2.30. The van der Waals surface area contributed by atoms with E-state index in [1.807, 2.05) is 6.92 Å². The molecule has 0 saturated heterocycles. The molecule has 2 rings (SSSR count). The largest absolute Gasteiger partial charge is 0.598 e. The molecule has 1 unspecified atom stereocenters. The van der Waals surface area contributed by atoms with Gasteiger partial charge in [0.2, 0.25) is 0 Å². The number of aryl methyl sites for hydroxylation is 1. The van der Waals surface area contributed by atoms with Crippen molar-refractivity contribution in [2.75, 3.05) is 0 Å². The van der Waals surface area contributed by atoms with Gasteiger partial charge in [0.15, 0.2) is 0 Å². The number of carbonyl (C=O) groups is 1. The monoisotopic (exact) mass is 394 g/mol. The number of aliphatic carboxylic acids is 1. The number of hydrogen-bond donors (Lipinski definition) is 2. The molecule has 8 heteroatoms. The molecular formula is C19H23FN2O4S. The van der Waals surface area contributed by atoms with E-state index in [2.05, 4.69) is 9.71 Å². The van der Waals surface area contributed by atoms with Crippen LogP contribution in [0.1, 0.15) is 44.5 Å². The van der Waals surface area contributed by atoms with Gasteiger partial charge in [0.05, 0.1) is 18.7 Å².